The maximum absolute atomic E-state index is 12.0. The van der Waals surface area contributed by atoms with Crippen molar-refractivity contribution < 1.29 is 9.59 Å². The molecule has 7 nitrogen and oxygen atoms in total. The van der Waals surface area contributed by atoms with Crippen LogP contribution in [-0.2, 0) is 16.1 Å². The van der Waals surface area contributed by atoms with E-state index in [9.17, 15) is 9.59 Å². The minimum Gasteiger partial charge on any atom is -0.355 e. The summed E-state index contributed by atoms with van der Waals surface area (Å²) in [5.74, 6) is 0.0331. The molecule has 2 atom stereocenters. The zero-order valence-electron chi connectivity index (χ0n) is 12.6. The molecule has 1 aliphatic heterocycles. The summed E-state index contributed by atoms with van der Waals surface area (Å²) in [7, 11) is 2.02. The quantitative estimate of drug-likeness (QED) is 0.689. The van der Waals surface area contributed by atoms with Gasteiger partial charge in [0, 0.05) is 38.2 Å². The molecule has 2 amide bonds. The lowest BCUT2D eigenvalue weighted by Gasteiger charge is -2.25. The Labute approximate surface area is 124 Å². The minimum absolute atomic E-state index is 0.0100. The molecule has 0 aromatic carbocycles. The Hall–Kier alpha value is -1.89. The Balaban J connectivity index is 1.72. The molecule has 1 aromatic rings. The van der Waals surface area contributed by atoms with E-state index in [1.807, 2.05) is 13.1 Å². The van der Waals surface area contributed by atoms with Crippen molar-refractivity contribution in [1.29, 1.82) is 0 Å². The van der Waals surface area contributed by atoms with Gasteiger partial charge in [-0.1, -0.05) is 0 Å². The average molecular weight is 293 g/mol. The number of hydrogen-bond donors (Lipinski definition) is 3. The summed E-state index contributed by atoms with van der Waals surface area (Å²) in [6.45, 7) is 2.65. The minimum atomic E-state index is -0.0100. The Bertz CT molecular complexity index is 474. The van der Waals surface area contributed by atoms with Crippen molar-refractivity contribution in [3.8, 4) is 0 Å². The van der Waals surface area contributed by atoms with E-state index in [1.54, 1.807) is 6.20 Å². The zero-order valence-corrected chi connectivity index (χ0v) is 12.6. The van der Waals surface area contributed by atoms with Gasteiger partial charge in [-0.15, -0.1) is 0 Å². The van der Waals surface area contributed by atoms with Gasteiger partial charge in [0.05, 0.1) is 12.2 Å². The van der Waals surface area contributed by atoms with Gasteiger partial charge in [0.25, 0.3) is 0 Å². The van der Waals surface area contributed by atoms with Gasteiger partial charge < -0.3 is 10.6 Å². The third-order valence-corrected chi connectivity index (χ3v) is 4.03. The van der Waals surface area contributed by atoms with Gasteiger partial charge in [-0.3, -0.25) is 19.6 Å². The number of H-pyrrole nitrogens is 1. The molecule has 1 aromatic heterocycles. The van der Waals surface area contributed by atoms with Gasteiger partial charge in [0.15, 0.2) is 0 Å². The van der Waals surface area contributed by atoms with Crippen LogP contribution in [-0.4, -0.2) is 52.6 Å². The van der Waals surface area contributed by atoms with E-state index in [-0.39, 0.29) is 17.9 Å². The molecule has 1 fully saturated rings. The predicted octanol–water partition coefficient (Wildman–Crippen LogP) is 0.0149. The largest absolute Gasteiger partial charge is 0.355 e. The Morgan fingerprint density at radius 1 is 1.38 bits per heavy atom. The summed E-state index contributed by atoms with van der Waals surface area (Å²) in [5, 5.41) is 12.4. The first-order valence-electron chi connectivity index (χ1n) is 7.27. The van der Waals surface area contributed by atoms with Gasteiger partial charge in [-0.25, -0.2) is 0 Å². The normalized spacial score (nSPS) is 22.2. The molecule has 0 saturated carbocycles. The fourth-order valence-corrected chi connectivity index (χ4v) is 2.71. The summed E-state index contributed by atoms with van der Waals surface area (Å²) >= 11 is 0. The van der Waals surface area contributed by atoms with Crippen LogP contribution in [0.25, 0.3) is 0 Å². The lowest BCUT2D eigenvalue weighted by atomic mass is 10.1. The Morgan fingerprint density at radius 3 is 2.81 bits per heavy atom. The summed E-state index contributed by atoms with van der Waals surface area (Å²) in [4.78, 5) is 25.1. The molecule has 21 heavy (non-hydrogen) atoms. The Kier molecular flexibility index (Phi) is 5.32. The molecule has 0 bridgehead atoms. The van der Waals surface area contributed by atoms with Crippen LogP contribution in [0.2, 0.25) is 0 Å². The zero-order chi connectivity index (χ0) is 15.2. The van der Waals surface area contributed by atoms with Crippen molar-refractivity contribution in [2.75, 3.05) is 13.6 Å². The molecule has 1 saturated heterocycles. The van der Waals surface area contributed by atoms with Crippen LogP contribution >= 0.6 is 0 Å². The highest BCUT2D eigenvalue weighted by atomic mass is 16.2. The van der Waals surface area contributed by atoms with Gasteiger partial charge in [-0.05, 0) is 26.0 Å². The highest BCUT2D eigenvalue weighted by Gasteiger charge is 2.31. The smallest absolute Gasteiger partial charge is 0.221 e. The number of aromatic nitrogens is 2. The van der Waals surface area contributed by atoms with Crippen molar-refractivity contribution in [2.45, 2.75) is 44.8 Å². The molecule has 7 heteroatoms. The van der Waals surface area contributed by atoms with E-state index < -0.39 is 0 Å². The molecule has 3 N–H and O–H groups in total. The molecule has 0 aliphatic carbocycles. The molecule has 0 radical (unpaired) electrons. The van der Waals surface area contributed by atoms with Crippen LogP contribution in [0.3, 0.4) is 0 Å². The first-order valence-corrected chi connectivity index (χ1v) is 7.27. The van der Waals surface area contributed by atoms with Gasteiger partial charge in [0.2, 0.25) is 11.8 Å². The monoisotopic (exact) mass is 293 g/mol. The van der Waals surface area contributed by atoms with Crippen molar-refractivity contribution >= 4 is 11.8 Å². The number of aromatic amines is 1. The second-order valence-electron chi connectivity index (χ2n) is 5.55. The molecule has 2 heterocycles. The van der Waals surface area contributed by atoms with Crippen LogP contribution in [0.4, 0.5) is 0 Å². The molecule has 116 valence electrons. The number of carbonyl (C=O) groups excluding carboxylic acids is 2. The number of nitrogens with one attached hydrogen (secondary N) is 3. The molecule has 0 spiro atoms. The fraction of sp³-hybridized carbons (Fsp3) is 0.643. The highest BCUT2D eigenvalue weighted by Crippen LogP contribution is 2.24. The SMILES string of the molecule is CC(=O)NC[C@H]1CC[C@@H](CC(=O)NCc2ccn[nH]2)N1C. The van der Waals surface area contributed by atoms with E-state index in [2.05, 4.69) is 25.7 Å². The van der Waals surface area contributed by atoms with Crippen LogP contribution in [0, 0.1) is 0 Å². The number of likely N-dealkylation sites (tertiary alicyclic amines) is 1. The highest BCUT2D eigenvalue weighted by molar-refractivity contribution is 5.76. The van der Waals surface area contributed by atoms with Crippen molar-refractivity contribution in [3.05, 3.63) is 18.0 Å². The first kappa shape index (κ1) is 15.5. The third-order valence-electron chi connectivity index (χ3n) is 4.03. The lowest BCUT2D eigenvalue weighted by Crippen LogP contribution is -2.41. The van der Waals surface area contributed by atoms with E-state index >= 15 is 0 Å². The van der Waals surface area contributed by atoms with E-state index in [0.717, 1.165) is 18.5 Å². The third kappa shape index (κ3) is 4.56. The fourth-order valence-electron chi connectivity index (χ4n) is 2.71. The van der Waals surface area contributed by atoms with Crippen molar-refractivity contribution in [3.63, 3.8) is 0 Å². The molecule has 1 aliphatic rings. The van der Waals surface area contributed by atoms with Crippen LogP contribution in [0.1, 0.15) is 31.9 Å². The van der Waals surface area contributed by atoms with Crippen LogP contribution in [0.15, 0.2) is 12.3 Å². The van der Waals surface area contributed by atoms with Gasteiger partial charge >= 0.3 is 0 Å². The average Bonchev–Trinajstić information content (AvgIpc) is 3.06. The van der Waals surface area contributed by atoms with Gasteiger partial charge in [-0.2, -0.15) is 5.10 Å². The second kappa shape index (κ2) is 7.21. The lowest BCUT2D eigenvalue weighted by molar-refractivity contribution is -0.122. The standard InChI is InChI=1S/C14H23N5O2/c1-10(20)15-9-13-4-3-12(19(13)2)7-14(21)16-8-11-5-6-17-18-11/h5-6,12-13H,3-4,7-9H2,1-2H3,(H,15,20)(H,16,21)(H,17,18)/t12-,13+/m0/s1. The van der Waals surface area contributed by atoms with Crippen molar-refractivity contribution in [2.24, 2.45) is 0 Å². The number of nitrogens with zero attached hydrogens (tertiary/aromatic N) is 2. The summed E-state index contributed by atoms with van der Waals surface area (Å²) in [5.41, 5.74) is 0.895. The molecular weight excluding hydrogens is 270 g/mol. The molecular formula is C14H23N5O2. The maximum Gasteiger partial charge on any atom is 0.221 e. The maximum atomic E-state index is 12.0. The first-order chi connectivity index (χ1) is 10.1. The predicted molar refractivity (Wildman–Crippen MR) is 78.3 cm³/mol. The van der Waals surface area contributed by atoms with Crippen LogP contribution < -0.4 is 10.6 Å². The molecule has 0 unspecified atom stereocenters. The molecule has 2 rings (SSSR count). The van der Waals surface area contributed by atoms with Crippen LogP contribution in [0.5, 0.6) is 0 Å². The number of likely N-dealkylation sites (N-methyl/N-ethyl adjacent to an activating group) is 1. The van der Waals surface area contributed by atoms with Gasteiger partial charge in [0.1, 0.15) is 0 Å². The topological polar surface area (TPSA) is 90.1 Å². The summed E-state index contributed by atoms with van der Waals surface area (Å²) in [6.07, 6.45) is 4.15. The number of rotatable bonds is 6. The van der Waals surface area contributed by atoms with E-state index in [0.29, 0.717) is 25.6 Å². The summed E-state index contributed by atoms with van der Waals surface area (Å²) < 4.78 is 0. The number of hydrogen-bond acceptors (Lipinski definition) is 4. The Morgan fingerprint density at radius 2 is 2.14 bits per heavy atom. The van der Waals surface area contributed by atoms with E-state index in [4.69, 9.17) is 0 Å². The summed E-state index contributed by atoms with van der Waals surface area (Å²) in [6, 6.07) is 2.40. The van der Waals surface area contributed by atoms with Crippen molar-refractivity contribution in [1.82, 2.24) is 25.7 Å². The second-order valence-corrected chi connectivity index (χ2v) is 5.55. The van der Waals surface area contributed by atoms with E-state index in [1.165, 1.54) is 6.92 Å². The number of amides is 2. The number of carbonyl (C=O) groups is 2.